The van der Waals surface area contributed by atoms with Gasteiger partial charge in [-0.1, -0.05) is 19.3 Å². The molecule has 1 saturated heterocycles. The smallest absolute Gasteiger partial charge is 0.245 e. The molecule has 1 unspecified atom stereocenters. The molecule has 1 heterocycles. The molecule has 0 aliphatic carbocycles. The Balaban J connectivity index is 2.72. The molecule has 16 heavy (non-hydrogen) atoms. The standard InChI is InChI=1S/C12H18N2O2/c1-3-5-8-14-9-7-11(15)13-10(6-4-2)12(14)16/h10H,4,6-9H2,1-2H3,(H,13,15). The zero-order valence-corrected chi connectivity index (χ0v) is 9.88. The first-order valence-electron chi connectivity index (χ1n) is 5.66. The van der Waals surface area contributed by atoms with Crippen molar-refractivity contribution in [1.29, 1.82) is 0 Å². The summed E-state index contributed by atoms with van der Waals surface area (Å²) in [5, 5.41) is 2.76. The number of nitrogens with zero attached hydrogens (tertiary/aromatic N) is 1. The summed E-state index contributed by atoms with van der Waals surface area (Å²) in [7, 11) is 0. The van der Waals surface area contributed by atoms with Crippen molar-refractivity contribution in [2.75, 3.05) is 13.1 Å². The van der Waals surface area contributed by atoms with Crippen LogP contribution in [0.2, 0.25) is 0 Å². The van der Waals surface area contributed by atoms with Gasteiger partial charge in [0.25, 0.3) is 0 Å². The summed E-state index contributed by atoms with van der Waals surface area (Å²) in [4.78, 5) is 25.1. The van der Waals surface area contributed by atoms with Gasteiger partial charge in [0.05, 0.1) is 6.54 Å². The second-order valence-electron chi connectivity index (χ2n) is 3.85. The Kier molecular flexibility index (Phi) is 4.84. The number of rotatable bonds is 3. The molecule has 0 spiro atoms. The largest absolute Gasteiger partial charge is 0.344 e. The lowest BCUT2D eigenvalue weighted by molar-refractivity contribution is -0.133. The van der Waals surface area contributed by atoms with Gasteiger partial charge in [-0.15, -0.1) is 5.92 Å². The number of amides is 2. The first-order chi connectivity index (χ1) is 7.69. The highest BCUT2D eigenvalue weighted by molar-refractivity contribution is 5.90. The minimum absolute atomic E-state index is 0.00421. The molecule has 1 atom stereocenters. The average Bonchev–Trinajstić information content (AvgIpc) is 2.39. The van der Waals surface area contributed by atoms with Crippen LogP contribution in [0.1, 0.15) is 33.1 Å². The minimum atomic E-state index is -0.362. The Bertz CT molecular complexity index is 328. The molecule has 0 saturated carbocycles. The zero-order chi connectivity index (χ0) is 12.0. The molecule has 0 aromatic rings. The van der Waals surface area contributed by atoms with E-state index in [0.717, 1.165) is 6.42 Å². The second-order valence-corrected chi connectivity index (χ2v) is 3.85. The SMILES string of the molecule is CC#CCN1CCC(=O)NC(CCC)C1=O. The van der Waals surface area contributed by atoms with Gasteiger partial charge in [0.1, 0.15) is 6.04 Å². The maximum Gasteiger partial charge on any atom is 0.245 e. The first-order valence-corrected chi connectivity index (χ1v) is 5.66. The monoisotopic (exact) mass is 222 g/mol. The fourth-order valence-electron chi connectivity index (χ4n) is 1.71. The molecule has 1 rings (SSSR count). The molecule has 1 N–H and O–H groups in total. The fourth-order valence-corrected chi connectivity index (χ4v) is 1.71. The van der Waals surface area contributed by atoms with Crippen molar-refractivity contribution >= 4 is 11.8 Å². The van der Waals surface area contributed by atoms with E-state index in [0.29, 0.717) is 25.9 Å². The summed E-state index contributed by atoms with van der Waals surface area (Å²) in [5.74, 6) is 5.59. The summed E-state index contributed by atoms with van der Waals surface area (Å²) in [5.41, 5.74) is 0. The van der Waals surface area contributed by atoms with Crippen molar-refractivity contribution in [3.63, 3.8) is 0 Å². The number of nitrogens with one attached hydrogen (secondary N) is 1. The van der Waals surface area contributed by atoms with Gasteiger partial charge in [0.2, 0.25) is 11.8 Å². The van der Waals surface area contributed by atoms with Crippen LogP contribution in [0.25, 0.3) is 0 Å². The molecule has 1 fully saturated rings. The van der Waals surface area contributed by atoms with E-state index in [-0.39, 0.29) is 17.9 Å². The highest BCUT2D eigenvalue weighted by Gasteiger charge is 2.28. The van der Waals surface area contributed by atoms with Gasteiger partial charge in [0.15, 0.2) is 0 Å². The van der Waals surface area contributed by atoms with Crippen LogP contribution in [-0.2, 0) is 9.59 Å². The maximum absolute atomic E-state index is 12.0. The lowest BCUT2D eigenvalue weighted by Gasteiger charge is -2.21. The highest BCUT2D eigenvalue weighted by Crippen LogP contribution is 2.07. The summed E-state index contributed by atoms with van der Waals surface area (Å²) in [6.45, 7) is 4.64. The normalized spacial score (nSPS) is 20.9. The Morgan fingerprint density at radius 2 is 2.25 bits per heavy atom. The molecule has 4 nitrogen and oxygen atoms in total. The second kappa shape index (κ2) is 6.16. The van der Waals surface area contributed by atoms with E-state index < -0.39 is 0 Å². The van der Waals surface area contributed by atoms with Crippen molar-refractivity contribution in [3.8, 4) is 11.8 Å². The van der Waals surface area contributed by atoms with Crippen molar-refractivity contribution < 1.29 is 9.59 Å². The third kappa shape index (κ3) is 3.27. The van der Waals surface area contributed by atoms with Gasteiger partial charge < -0.3 is 10.2 Å². The van der Waals surface area contributed by atoms with Gasteiger partial charge in [-0.25, -0.2) is 0 Å². The molecular formula is C12H18N2O2. The quantitative estimate of drug-likeness (QED) is 0.708. The molecule has 0 radical (unpaired) electrons. The molecule has 4 heteroatoms. The van der Waals surface area contributed by atoms with E-state index in [4.69, 9.17) is 0 Å². The van der Waals surface area contributed by atoms with Crippen LogP contribution in [0.4, 0.5) is 0 Å². The maximum atomic E-state index is 12.0. The molecule has 1 aliphatic rings. The Labute approximate surface area is 96.4 Å². The van der Waals surface area contributed by atoms with E-state index in [1.54, 1.807) is 11.8 Å². The Hall–Kier alpha value is -1.50. The summed E-state index contributed by atoms with van der Waals surface area (Å²) >= 11 is 0. The van der Waals surface area contributed by atoms with Crippen LogP contribution in [0.3, 0.4) is 0 Å². The van der Waals surface area contributed by atoms with Gasteiger partial charge in [0, 0.05) is 13.0 Å². The average molecular weight is 222 g/mol. The van der Waals surface area contributed by atoms with Crippen molar-refractivity contribution in [2.24, 2.45) is 0 Å². The third-order valence-corrected chi connectivity index (χ3v) is 2.58. The number of carbonyl (C=O) groups excluding carboxylic acids is 2. The topological polar surface area (TPSA) is 49.4 Å². The van der Waals surface area contributed by atoms with Crippen molar-refractivity contribution in [2.45, 2.75) is 39.2 Å². The molecule has 0 aromatic carbocycles. The predicted molar refractivity (Wildman–Crippen MR) is 61.5 cm³/mol. The summed E-state index contributed by atoms with van der Waals surface area (Å²) < 4.78 is 0. The first kappa shape index (κ1) is 12.6. The van der Waals surface area contributed by atoms with Crippen LogP contribution in [0, 0.1) is 11.8 Å². The minimum Gasteiger partial charge on any atom is -0.344 e. The highest BCUT2D eigenvalue weighted by atomic mass is 16.2. The lowest BCUT2D eigenvalue weighted by atomic mass is 10.1. The predicted octanol–water partition coefficient (Wildman–Crippen LogP) is 0.527. The molecule has 0 bridgehead atoms. The molecule has 88 valence electrons. The van der Waals surface area contributed by atoms with E-state index in [1.807, 2.05) is 6.92 Å². The Morgan fingerprint density at radius 3 is 2.88 bits per heavy atom. The van der Waals surface area contributed by atoms with E-state index in [1.165, 1.54) is 0 Å². The van der Waals surface area contributed by atoms with Crippen molar-refractivity contribution in [3.05, 3.63) is 0 Å². The summed E-state index contributed by atoms with van der Waals surface area (Å²) in [6, 6.07) is -0.362. The van der Waals surface area contributed by atoms with Gasteiger partial charge in [-0.05, 0) is 13.3 Å². The molecular weight excluding hydrogens is 204 g/mol. The molecule has 1 aliphatic heterocycles. The number of hydrogen-bond acceptors (Lipinski definition) is 2. The van der Waals surface area contributed by atoms with E-state index in [9.17, 15) is 9.59 Å². The van der Waals surface area contributed by atoms with Crippen LogP contribution in [-0.4, -0.2) is 35.8 Å². The molecule has 0 aromatic heterocycles. The number of hydrogen-bond donors (Lipinski definition) is 1. The summed E-state index contributed by atoms with van der Waals surface area (Å²) in [6.07, 6.45) is 1.95. The third-order valence-electron chi connectivity index (χ3n) is 2.58. The van der Waals surface area contributed by atoms with Crippen LogP contribution >= 0.6 is 0 Å². The van der Waals surface area contributed by atoms with E-state index >= 15 is 0 Å². The van der Waals surface area contributed by atoms with Gasteiger partial charge >= 0.3 is 0 Å². The lowest BCUT2D eigenvalue weighted by Crippen LogP contribution is -2.44. The van der Waals surface area contributed by atoms with Crippen molar-refractivity contribution in [1.82, 2.24) is 10.2 Å². The Morgan fingerprint density at radius 1 is 1.50 bits per heavy atom. The van der Waals surface area contributed by atoms with Gasteiger partial charge in [-0.3, -0.25) is 9.59 Å². The van der Waals surface area contributed by atoms with Gasteiger partial charge in [-0.2, -0.15) is 0 Å². The fraction of sp³-hybridized carbons (Fsp3) is 0.667. The number of carbonyl (C=O) groups is 2. The van der Waals surface area contributed by atoms with Crippen LogP contribution in [0.15, 0.2) is 0 Å². The van der Waals surface area contributed by atoms with Crippen LogP contribution < -0.4 is 5.32 Å². The van der Waals surface area contributed by atoms with E-state index in [2.05, 4.69) is 17.2 Å². The van der Waals surface area contributed by atoms with Crippen LogP contribution in [0.5, 0.6) is 0 Å². The molecule has 2 amide bonds. The zero-order valence-electron chi connectivity index (χ0n) is 9.88.